The smallest absolute Gasteiger partial charge is 0.177 e. The number of rotatable bonds is 2. The first-order valence-electron chi connectivity index (χ1n) is 4.58. The zero-order valence-electron chi connectivity index (χ0n) is 10.2. The molecule has 0 amide bonds. The van der Waals surface area contributed by atoms with Crippen LogP contribution in [0.3, 0.4) is 0 Å². The van der Waals surface area contributed by atoms with Crippen molar-refractivity contribution in [3.8, 4) is 0 Å². The highest BCUT2D eigenvalue weighted by Gasteiger charge is 2.14. The highest BCUT2D eigenvalue weighted by molar-refractivity contribution is 7.95. The lowest BCUT2D eigenvalue weighted by Crippen LogP contribution is -2.68. The average Bonchev–Trinajstić information content (AvgIpc) is 2.15. The van der Waals surface area contributed by atoms with E-state index in [1.807, 2.05) is 0 Å². The molecular weight excluding hydrogens is 266 g/mol. The van der Waals surface area contributed by atoms with Gasteiger partial charge in [0.15, 0.2) is 4.90 Å². The summed E-state index contributed by atoms with van der Waals surface area (Å²) in [7, 11) is -0.419. The van der Waals surface area contributed by atoms with E-state index >= 15 is 0 Å². The number of hydrogen-bond acceptors (Lipinski definition) is 5. The van der Waals surface area contributed by atoms with Crippen LogP contribution in [-0.2, 0) is 10.9 Å². The zero-order valence-corrected chi connectivity index (χ0v) is 11.7. The molecule has 1 aromatic rings. The molecule has 0 N–H and O–H groups in total. The Hall–Kier alpha value is -0.500. The maximum Gasteiger partial charge on any atom is 0.177 e. The fraction of sp³-hybridized carbons (Fsp3) is 0.400. The molecule has 0 fully saturated rings. The van der Waals surface area contributed by atoms with Gasteiger partial charge in [0.2, 0.25) is 0 Å². The average molecular weight is 282 g/mol. The van der Waals surface area contributed by atoms with Crippen molar-refractivity contribution in [1.82, 2.24) is 0 Å². The fourth-order valence-corrected chi connectivity index (χ4v) is 2.19. The summed E-state index contributed by atoms with van der Waals surface area (Å²) < 4.78 is 34.0. The second-order valence-electron chi connectivity index (χ2n) is 3.56. The van der Waals surface area contributed by atoms with Crippen LogP contribution < -0.4 is 23.5 Å². The molecule has 1 aromatic carbocycles. The molecular formula is C10H16ClNO4S. The Morgan fingerprint density at radius 2 is 1.41 bits per heavy atom. The van der Waals surface area contributed by atoms with Crippen molar-refractivity contribution < 1.29 is 28.9 Å². The van der Waals surface area contributed by atoms with Crippen molar-refractivity contribution >= 4 is 16.6 Å². The summed E-state index contributed by atoms with van der Waals surface area (Å²) in [5.41, 5.74) is 1.34. The van der Waals surface area contributed by atoms with Gasteiger partial charge in [0.1, 0.15) is 12.5 Å². The SMILES string of the molecule is CN(C)c1ccccc1[S+](C)C.[O-][Cl+3]([O-])([O-])[O-]. The minimum Gasteiger partial charge on any atom is -0.374 e. The molecule has 0 saturated heterocycles. The van der Waals surface area contributed by atoms with Crippen LogP contribution in [-0.4, -0.2) is 26.6 Å². The van der Waals surface area contributed by atoms with Gasteiger partial charge in [0, 0.05) is 25.0 Å². The first-order chi connectivity index (χ1) is 7.63. The molecule has 0 aliphatic rings. The predicted octanol–water partition coefficient (Wildman–Crippen LogP) is -2.77. The third-order valence-electron chi connectivity index (χ3n) is 1.79. The van der Waals surface area contributed by atoms with Gasteiger partial charge in [-0.2, -0.15) is 0 Å². The van der Waals surface area contributed by atoms with Gasteiger partial charge in [-0.05, 0) is 12.1 Å². The predicted molar refractivity (Wildman–Crippen MR) is 58.2 cm³/mol. The lowest BCUT2D eigenvalue weighted by molar-refractivity contribution is -2.00. The summed E-state index contributed by atoms with van der Waals surface area (Å²) in [5.74, 6) is 0. The molecule has 0 spiro atoms. The zero-order chi connectivity index (χ0) is 13.6. The van der Waals surface area contributed by atoms with Crippen molar-refractivity contribution in [2.24, 2.45) is 0 Å². The van der Waals surface area contributed by atoms with Crippen LogP contribution in [0.4, 0.5) is 5.69 Å². The van der Waals surface area contributed by atoms with E-state index in [1.165, 1.54) is 10.6 Å². The Labute approximate surface area is 106 Å². The number of anilines is 1. The molecule has 0 saturated carbocycles. The molecule has 0 aromatic heterocycles. The minimum absolute atomic E-state index is 0.347. The minimum atomic E-state index is -4.94. The highest BCUT2D eigenvalue weighted by Crippen LogP contribution is 2.22. The van der Waals surface area contributed by atoms with Gasteiger partial charge in [0.25, 0.3) is 0 Å². The van der Waals surface area contributed by atoms with Crippen LogP contribution in [0.15, 0.2) is 29.2 Å². The van der Waals surface area contributed by atoms with Crippen LogP contribution in [0.2, 0.25) is 0 Å². The van der Waals surface area contributed by atoms with E-state index in [0.29, 0.717) is 10.9 Å². The summed E-state index contributed by atoms with van der Waals surface area (Å²) >= 11 is 0. The first-order valence-corrected chi connectivity index (χ1v) is 7.86. The van der Waals surface area contributed by atoms with Crippen molar-refractivity contribution in [3.63, 3.8) is 0 Å². The van der Waals surface area contributed by atoms with Crippen LogP contribution >= 0.6 is 0 Å². The van der Waals surface area contributed by atoms with Gasteiger partial charge in [-0.15, -0.1) is 10.2 Å². The lowest BCUT2D eigenvalue weighted by atomic mass is 10.3. The molecule has 0 bridgehead atoms. The lowest BCUT2D eigenvalue weighted by Gasteiger charge is -2.17. The Morgan fingerprint density at radius 3 is 1.71 bits per heavy atom. The molecule has 0 heterocycles. The monoisotopic (exact) mass is 281 g/mol. The van der Waals surface area contributed by atoms with E-state index in [2.05, 4.69) is 55.8 Å². The molecule has 5 nitrogen and oxygen atoms in total. The van der Waals surface area contributed by atoms with Crippen LogP contribution in [0.1, 0.15) is 0 Å². The molecule has 98 valence electrons. The van der Waals surface area contributed by atoms with Crippen molar-refractivity contribution in [1.29, 1.82) is 0 Å². The second-order valence-corrected chi connectivity index (χ2v) is 6.39. The van der Waals surface area contributed by atoms with Gasteiger partial charge in [-0.3, -0.25) is 0 Å². The summed E-state index contributed by atoms with van der Waals surface area (Å²) in [6.07, 6.45) is 4.50. The van der Waals surface area contributed by atoms with Crippen molar-refractivity contribution in [2.45, 2.75) is 4.90 Å². The Kier molecular flexibility index (Phi) is 6.84. The summed E-state index contributed by atoms with van der Waals surface area (Å²) in [5, 5.41) is 0. The molecule has 1 rings (SSSR count). The van der Waals surface area contributed by atoms with E-state index in [4.69, 9.17) is 18.6 Å². The number of para-hydroxylation sites is 1. The quantitative estimate of drug-likeness (QED) is 0.547. The number of nitrogens with zero attached hydrogens (tertiary/aromatic N) is 1. The van der Waals surface area contributed by atoms with Crippen molar-refractivity contribution in [2.75, 3.05) is 31.5 Å². The molecule has 0 unspecified atom stereocenters. The van der Waals surface area contributed by atoms with Gasteiger partial charge in [-0.25, -0.2) is 18.6 Å². The number of hydrogen-bond donors (Lipinski definition) is 0. The van der Waals surface area contributed by atoms with Gasteiger partial charge in [0.05, 0.1) is 5.69 Å². The van der Waals surface area contributed by atoms with Crippen LogP contribution in [0.5, 0.6) is 0 Å². The van der Waals surface area contributed by atoms with E-state index in [1.54, 1.807) is 0 Å². The third kappa shape index (κ3) is 8.25. The summed E-state index contributed by atoms with van der Waals surface area (Å²) in [6, 6.07) is 8.57. The summed E-state index contributed by atoms with van der Waals surface area (Å²) in [4.78, 5) is 3.62. The Bertz CT molecular complexity index is 308. The van der Waals surface area contributed by atoms with Gasteiger partial charge < -0.3 is 4.90 Å². The largest absolute Gasteiger partial charge is 0.374 e. The topological polar surface area (TPSA) is 95.5 Å². The molecule has 0 radical (unpaired) electrons. The standard InChI is InChI=1S/C10H16NS.ClHO4/c1-11(2)9-7-5-6-8-10(9)12(3)4;2-1(3,4)5/h5-8H,1-4H3;(H,2,3,4,5)/q+1;/p-1. The summed E-state index contributed by atoms with van der Waals surface area (Å²) in [6.45, 7) is 0. The van der Waals surface area contributed by atoms with E-state index in [-0.39, 0.29) is 0 Å². The molecule has 7 heteroatoms. The maximum atomic E-state index is 8.49. The number of benzene rings is 1. The molecule has 17 heavy (non-hydrogen) atoms. The second kappa shape index (κ2) is 7.05. The maximum absolute atomic E-state index is 8.49. The molecule has 0 atom stereocenters. The van der Waals surface area contributed by atoms with E-state index < -0.39 is 10.2 Å². The normalized spacial score (nSPS) is 10.9. The fourth-order valence-electron chi connectivity index (χ4n) is 1.17. The van der Waals surface area contributed by atoms with Crippen LogP contribution in [0, 0.1) is 10.2 Å². The Morgan fingerprint density at radius 1 is 1.00 bits per heavy atom. The highest BCUT2D eigenvalue weighted by atomic mass is 35.7. The Balaban J connectivity index is 0.000000437. The van der Waals surface area contributed by atoms with Crippen LogP contribution in [0.25, 0.3) is 0 Å². The first kappa shape index (κ1) is 16.5. The molecule has 0 aliphatic carbocycles. The van der Waals surface area contributed by atoms with Gasteiger partial charge in [-0.1, -0.05) is 12.1 Å². The van der Waals surface area contributed by atoms with E-state index in [0.717, 1.165) is 0 Å². The third-order valence-corrected chi connectivity index (χ3v) is 3.01. The van der Waals surface area contributed by atoms with Gasteiger partial charge >= 0.3 is 0 Å². The number of halogens is 1. The van der Waals surface area contributed by atoms with Crippen molar-refractivity contribution in [3.05, 3.63) is 24.3 Å². The van der Waals surface area contributed by atoms with E-state index in [9.17, 15) is 0 Å². The molecule has 0 aliphatic heterocycles.